The first-order valence-electron chi connectivity index (χ1n) is 2.75. The van der Waals surface area contributed by atoms with Gasteiger partial charge in [-0.1, -0.05) is 0 Å². The minimum absolute atomic E-state index is 0.410. The number of nitrogens with zero attached hydrogens (tertiary/aromatic N) is 3. The van der Waals surface area contributed by atoms with Crippen LogP contribution in [0.25, 0.3) is 6.08 Å². The molecular formula is C6H3FN3. The molecule has 3 nitrogen and oxygen atoms in total. The average molecular weight is 136 g/mol. The monoisotopic (exact) mass is 136 g/mol. The summed E-state index contributed by atoms with van der Waals surface area (Å²) >= 11 is 0. The molecule has 49 valence electrons. The summed E-state index contributed by atoms with van der Waals surface area (Å²) < 4.78 is 12.3. The van der Waals surface area contributed by atoms with Crippen molar-refractivity contribution in [1.29, 1.82) is 0 Å². The highest BCUT2D eigenvalue weighted by molar-refractivity contribution is 5.66. The van der Waals surface area contributed by atoms with Crippen LogP contribution in [-0.4, -0.2) is 9.97 Å². The Kier molecular flexibility index (Phi) is 0.943. The summed E-state index contributed by atoms with van der Waals surface area (Å²) in [5, 5.41) is 3.50. The zero-order valence-corrected chi connectivity index (χ0v) is 4.95. The normalized spacial score (nSPS) is 13.9. The third-order valence-electron chi connectivity index (χ3n) is 1.21. The highest BCUT2D eigenvalue weighted by Gasteiger charge is 2.13. The topological polar surface area (TPSA) is 39.9 Å². The van der Waals surface area contributed by atoms with Crippen LogP contribution >= 0.6 is 0 Å². The van der Waals surface area contributed by atoms with Gasteiger partial charge in [-0.25, -0.2) is 9.97 Å². The van der Waals surface area contributed by atoms with Gasteiger partial charge in [0.05, 0.1) is 0 Å². The van der Waals surface area contributed by atoms with E-state index in [0.717, 1.165) is 0 Å². The van der Waals surface area contributed by atoms with Crippen LogP contribution in [0.3, 0.4) is 0 Å². The van der Waals surface area contributed by atoms with E-state index in [-0.39, 0.29) is 0 Å². The number of fused-ring (bicyclic) bond motifs is 1. The van der Waals surface area contributed by atoms with Crippen LogP contribution in [0.15, 0.2) is 18.5 Å². The fourth-order valence-corrected chi connectivity index (χ4v) is 0.791. The van der Waals surface area contributed by atoms with E-state index in [2.05, 4.69) is 15.3 Å². The minimum Gasteiger partial charge on any atom is -0.244 e. The van der Waals surface area contributed by atoms with E-state index in [1.165, 1.54) is 18.6 Å². The Bertz CT molecular complexity index is 295. The Morgan fingerprint density at radius 1 is 1.40 bits per heavy atom. The molecule has 0 saturated carbocycles. The molecule has 2 heterocycles. The Labute approximate surface area is 56.6 Å². The number of hydrogen-bond donors (Lipinski definition) is 0. The maximum atomic E-state index is 12.3. The molecule has 0 amide bonds. The molecule has 1 aromatic rings. The molecule has 2 rings (SSSR count). The molecule has 1 aromatic heterocycles. The van der Waals surface area contributed by atoms with Crippen LogP contribution in [0.5, 0.6) is 0 Å². The van der Waals surface area contributed by atoms with E-state index in [0.29, 0.717) is 11.4 Å². The molecule has 1 aliphatic rings. The van der Waals surface area contributed by atoms with Gasteiger partial charge in [-0.15, -0.1) is 0 Å². The predicted octanol–water partition coefficient (Wildman–Crippen LogP) is 0.994. The van der Waals surface area contributed by atoms with Gasteiger partial charge in [0.1, 0.15) is 6.33 Å². The van der Waals surface area contributed by atoms with Gasteiger partial charge < -0.3 is 0 Å². The highest BCUT2D eigenvalue weighted by Crippen LogP contribution is 2.23. The van der Waals surface area contributed by atoms with E-state index < -0.39 is 5.95 Å². The molecule has 0 N–H and O–H groups in total. The molecule has 0 atom stereocenters. The molecule has 1 radical (unpaired) electrons. The zero-order valence-electron chi connectivity index (χ0n) is 4.95. The summed E-state index contributed by atoms with van der Waals surface area (Å²) in [4.78, 5) is 7.45. The second kappa shape index (κ2) is 1.76. The SMILES string of the molecule is FC1=Cc2cncnc2[N]1. The molecule has 0 bridgehead atoms. The Morgan fingerprint density at radius 3 is 3.10 bits per heavy atom. The molecule has 10 heavy (non-hydrogen) atoms. The van der Waals surface area contributed by atoms with Gasteiger partial charge in [-0.2, -0.15) is 9.71 Å². The summed E-state index contributed by atoms with van der Waals surface area (Å²) in [6.07, 6.45) is 4.17. The molecule has 0 aliphatic carbocycles. The number of aromatic nitrogens is 2. The van der Waals surface area contributed by atoms with Crippen molar-refractivity contribution in [1.82, 2.24) is 15.3 Å². The van der Waals surface area contributed by atoms with Gasteiger partial charge in [0.2, 0.25) is 5.95 Å². The summed E-state index contributed by atoms with van der Waals surface area (Å²) in [5.41, 5.74) is 0.639. The molecule has 4 heteroatoms. The van der Waals surface area contributed by atoms with Gasteiger partial charge in [-0.05, 0) is 0 Å². The molecule has 0 fully saturated rings. The molecule has 0 unspecified atom stereocenters. The molecule has 0 aromatic carbocycles. The summed E-state index contributed by atoms with van der Waals surface area (Å²) in [7, 11) is 0. The first kappa shape index (κ1) is 5.34. The fourth-order valence-electron chi connectivity index (χ4n) is 0.791. The quantitative estimate of drug-likeness (QED) is 0.499. The predicted molar refractivity (Wildman–Crippen MR) is 32.9 cm³/mol. The van der Waals surface area contributed by atoms with Crippen LogP contribution < -0.4 is 5.32 Å². The van der Waals surface area contributed by atoms with Crippen molar-refractivity contribution >= 4 is 11.9 Å². The smallest absolute Gasteiger partial charge is 0.215 e. The first-order chi connectivity index (χ1) is 4.86. The van der Waals surface area contributed by atoms with E-state index in [1.807, 2.05) is 0 Å². The van der Waals surface area contributed by atoms with Crippen LogP contribution in [0.2, 0.25) is 0 Å². The molecule has 0 saturated heterocycles. The van der Waals surface area contributed by atoms with Crippen molar-refractivity contribution in [2.75, 3.05) is 0 Å². The van der Waals surface area contributed by atoms with Crippen LogP contribution in [0.4, 0.5) is 10.2 Å². The standard InChI is InChI=1S/C6H3FN3/c7-5-1-4-2-8-3-9-6(4)10-5/h1-3H. The molecular weight excluding hydrogens is 133 g/mol. The average Bonchev–Trinajstić information content (AvgIpc) is 2.27. The van der Waals surface area contributed by atoms with Crippen molar-refractivity contribution in [3.05, 3.63) is 24.0 Å². The van der Waals surface area contributed by atoms with Crippen LogP contribution in [-0.2, 0) is 0 Å². The second-order valence-corrected chi connectivity index (χ2v) is 1.88. The van der Waals surface area contributed by atoms with E-state index in [4.69, 9.17) is 0 Å². The summed E-state index contributed by atoms with van der Waals surface area (Å²) in [6.45, 7) is 0. The maximum Gasteiger partial charge on any atom is 0.215 e. The first-order valence-corrected chi connectivity index (χ1v) is 2.75. The number of rotatable bonds is 0. The van der Waals surface area contributed by atoms with Crippen LogP contribution in [0.1, 0.15) is 5.56 Å². The van der Waals surface area contributed by atoms with Crippen molar-refractivity contribution in [2.45, 2.75) is 0 Å². The van der Waals surface area contributed by atoms with Gasteiger partial charge in [0.25, 0.3) is 0 Å². The zero-order chi connectivity index (χ0) is 6.97. The van der Waals surface area contributed by atoms with Crippen LogP contribution in [0, 0.1) is 0 Å². The largest absolute Gasteiger partial charge is 0.244 e. The Balaban J connectivity index is 2.54. The lowest BCUT2D eigenvalue weighted by Gasteiger charge is -1.90. The molecule has 1 aliphatic heterocycles. The van der Waals surface area contributed by atoms with Crippen molar-refractivity contribution in [2.24, 2.45) is 0 Å². The summed E-state index contributed by atoms with van der Waals surface area (Å²) in [6, 6.07) is 0. The van der Waals surface area contributed by atoms with E-state index in [1.54, 1.807) is 0 Å². The van der Waals surface area contributed by atoms with Gasteiger partial charge in [-0.3, -0.25) is 0 Å². The molecule has 0 spiro atoms. The van der Waals surface area contributed by atoms with E-state index >= 15 is 0 Å². The van der Waals surface area contributed by atoms with Gasteiger partial charge in [0, 0.05) is 17.8 Å². The van der Waals surface area contributed by atoms with Gasteiger partial charge in [0.15, 0.2) is 5.82 Å². The maximum absolute atomic E-state index is 12.3. The third-order valence-corrected chi connectivity index (χ3v) is 1.21. The number of halogens is 1. The Hall–Kier alpha value is -1.45. The van der Waals surface area contributed by atoms with Crippen molar-refractivity contribution < 1.29 is 4.39 Å². The summed E-state index contributed by atoms with van der Waals surface area (Å²) in [5.74, 6) is -0.0944. The Morgan fingerprint density at radius 2 is 2.30 bits per heavy atom. The lowest BCUT2D eigenvalue weighted by molar-refractivity contribution is 0.596. The van der Waals surface area contributed by atoms with E-state index in [9.17, 15) is 4.39 Å². The minimum atomic E-state index is -0.504. The van der Waals surface area contributed by atoms with Gasteiger partial charge >= 0.3 is 0 Å². The third kappa shape index (κ3) is 0.655. The highest BCUT2D eigenvalue weighted by atomic mass is 19.1. The van der Waals surface area contributed by atoms with Crippen molar-refractivity contribution in [3.8, 4) is 0 Å². The lowest BCUT2D eigenvalue weighted by atomic mass is 10.3. The second-order valence-electron chi connectivity index (χ2n) is 1.88. The lowest BCUT2D eigenvalue weighted by Crippen LogP contribution is -1.89. The fraction of sp³-hybridized carbons (Fsp3) is 0. The number of hydrogen-bond acceptors (Lipinski definition) is 2. The van der Waals surface area contributed by atoms with Crippen molar-refractivity contribution in [3.63, 3.8) is 0 Å².